The van der Waals surface area contributed by atoms with Crippen molar-refractivity contribution in [1.29, 1.82) is 0 Å². The van der Waals surface area contributed by atoms with E-state index < -0.39 is 0 Å². The third kappa shape index (κ3) is 3.35. The number of ether oxygens (including phenoxy) is 2. The monoisotopic (exact) mass is 209 g/mol. The lowest BCUT2D eigenvalue weighted by Crippen LogP contribution is -1.98. The van der Waals surface area contributed by atoms with Crippen molar-refractivity contribution >= 4 is 0 Å². The smallest absolute Gasteiger partial charge is 0.200 e. The molecule has 0 atom stereocenters. The van der Waals surface area contributed by atoms with Gasteiger partial charge in [-0.05, 0) is 31.0 Å². The zero-order valence-electron chi connectivity index (χ0n) is 9.25. The molecule has 0 spiro atoms. The van der Waals surface area contributed by atoms with Crippen LogP contribution in [0, 0.1) is 6.07 Å². The second kappa shape index (κ2) is 6.17. The van der Waals surface area contributed by atoms with Crippen LogP contribution in [0.5, 0.6) is 17.2 Å². The summed E-state index contributed by atoms with van der Waals surface area (Å²) >= 11 is 0. The van der Waals surface area contributed by atoms with E-state index in [4.69, 9.17) is 9.47 Å². The Morgan fingerprint density at radius 1 is 1.07 bits per heavy atom. The molecule has 15 heavy (non-hydrogen) atoms. The average Bonchev–Trinajstić information content (AvgIpc) is 2.26. The third-order valence-corrected chi connectivity index (χ3v) is 1.82. The third-order valence-electron chi connectivity index (χ3n) is 1.82. The number of phenolic OH excluding ortho intramolecular Hbond substituents is 1. The molecule has 1 aromatic carbocycles. The normalized spacial score (nSPS) is 10.0. The molecule has 83 valence electrons. The minimum atomic E-state index is 0.0654. The van der Waals surface area contributed by atoms with E-state index >= 15 is 0 Å². The van der Waals surface area contributed by atoms with E-state index in [1.54, 1.807) is 12.1 Å². The lowest BCUT2D eigenvalue weighted by Gasteiger charge is -2.10. The van der Waals surface area contributed by atoms with E-state index in [1.807, 2.05) is 13.8 Å². The predicted octanol–water partition coefficient (Wildman–Crippen LogP) is 2.77. The second-order valence-electron chi connectivity index (χ2n) is 3.23. The fourth-order valence-corrected chi connectivity index (χ4v) is 1.10. The van der Waals surface area contributed by atoms with Crippen molar-refractivity contribution in [2.24, 2.45) is 0 Å². The van der Waals surface area contributed by atoms with Crippen LogP contribution in [0.3, 0.4) is 0 Å². The molecule has 0 bridgehead atoms. The standard InChI is InChI=1S/C12H17O3/c1-3-8-14-10-6-5-7-11(12(10)13)15-9-4-2/h6-7,13H,3-4,8-9H2,1-2H3. The van der Waals surface area contributed by atoms with E-state index in [0.717, 1.165) is 12.8 Å². The minimum absolute atomic E-state index is 0.0654. The lowest BCUT2D eigenvalue weighted by atomic mass is 10.3. The van der Waals surface area contributed by atoms with E-state index in [2.05, 4.69) is 6.07 Å². The molecule has 0 aliphatic carbocycles. The summed E-state index contributed by atoms with van der Waals surface area (Å²) in [6.07, 6.45) is 1.80. The van der Waals surface area contributed by atoms with Gasteiger partial charge in [0.1, 0.15) is 0 Å². The van der Waals surface area contributed by atoms with Crippen molar-refractivity contribution < 1.29 is 14.6 Å². The molecule has 1 radical (unpaired) electrons. The van der Waals surface area contributed by atoms with Crippen LogP contribution in [0.1, 0.15) is 26.7 Å². The second-order valence-corrected chi connectivity index (χ2v) is 3.23. The Balaban J connectivity index is 2.71. The van der Waals surface area contributed by atoms with Crippen molar-refractivity contribution in [3.05, 3.63) is 18.2 Å². The molecule has 0 heterocycles. The molecule has 3 heteroatoms. The predicted molar refractivity (Wildman–Crippen MR) is 58.5 cm³/mol. The molecule has 0 aliphatic rings. The average molecular weight is 209 g/mol. The van der Waals surface area contributed by atoms with Gasteiger partial charge >= 0.3 is 0 Å². The summed E-state index contributed by atoms with van der Waals surface area (Å²) in [5.74, 6) is 0.937. The number of aromatic hydroxyl groups is 1. The van der Waals surface area contributed by atoms with Gasteiger partial charge < -0.3 is 14.6 Å². The maximum Gasteiger partial charge on any atom is 0.200 e. The summed E-state index contributed by atoms with van der Waals surface area (Å²) in [6, 6.07) is 6.11. The molecular formula is C12H17O3. The topological polar surface area (TPSA) is 38.7 Å². The zero-order valence-corrected chi connectivity index (χ0v) is 9.25. The van der Waals surface area contributed by atoms with Gasteiger partial charge in [-0.2, -0.15) is 0 Å². The number of phenols is 1. The van der Waals surface area contributed by atoms with Gasteiger partial charge in [0.15, 0.2) is 11.5 Å². The van der Waals surface area contributed by atoms with Gasteiger partial charge in [-0.1, -0.05) is 13.8 Å². The highest BCUT2D eigenvalue weighted by atomic mass is 16.5. The molecule has 1 N–H and O–H groups in total. The number of rotatable bonds is 6. The lowest BCUT2D eigenvalue weighted by molar-refractivity contribution is 0.273. The van der Waals surface area contributed by atoms with E-state index in [-0.39, 0.29) is 5.75 Å². The van der Waals surface area contributed by atoms with Crippen molar-refractivity contribution in [1.82, 2.24) is 0 Å². The van der Waals surface area contributed by atoms with Crippen molar-refractivity contribution in [2.45, 2.75) is 26.7 Å². The molecular weight excluding hydrogens is 192 g/mol. The molecule has 1 aromatic rings. The zero-order chi connectivity index (χ0) is 11.1. The summed E-state index contributed by atoms with van der Waals surface area (Å²) in [6.45, 7) is 5.19. The number of benzene rings is 1. The van der Waals surface area contributed by atoms with Gasteiger partial charge in [0.05, 0.1) is 13.2 Å². The van der Waals surface area contributed by atoms with Gasteiger partial charge in [-0.15, -0.1) is 0 Å². The maximum absolute atomic E-state index is 9.77. The van der Waals surface area contributed by atoms with Gasteiger partial charge in [0, 0.05) is 0 Å². The molecule has 0 aliphatic heterocycles. The Morgan fingerprint density at radius 2 is 1.53 bits per heavy atom. The Bertz CT molecular complexity index is 271. The molecule has 1 rings (SSSR count). The van der Waals surface area contributed by atoms with Crippen LogP contribution in [0.4, 0.5) is 0 Å². The van der Waals surface area contributed by atoms with Crippen molar-refractivity contribution in [3.63, 3.8) is 0 Å². The molecule has 0 unspecified atom stereocenters. The van der Waals surface area contributed by atoms with Crippen LogP contribution in [0.15, 0.2) is 12.1 Å². The van der Waals surface area contributed by atoms with Gasteiger partial charge in [0.25, 0.3) is 0 Å². The van der Waals surface area contributed by atoms with Crippen LogP contribution < -0.4 is 9.47 Å². The first kappa shape index (κ1) is 11.7. The first-order valence-electron chi connectivity index (χ1n) is 5.28. The summed E-state index contributed by atoms with van der Waals surface area (Å²) in [5, 5.41) is 9.77. The van der Waals surface area contributed by atoms with Crippen LogP contribution in [0.2, 0.25) is 0 Å². The fraction of sp³-hybridized carbons (Fsp3) is 0.500. The first-order valence-corrected chi connectivity index (χ1v) is 5.28. The highest BCUT2D eigenvalue weighted by Gasteiger charge is 2.08. The Morgan fingerprint density at radius 3 is 1.93 bits per heavy atom. The summed E-state index contributed by atoms with van der Waals surface area (Å²) < 4.78 is 10.7. The Labute approximate surface area is 90.6 Å². The quantitative estimate of drug-likeness (QED) is 0.783. The summed E-state index contributed by atoms with van der Waals surface area (Å²) in [4.78, 5) is 0. The molecule has 0 amide bonds. The van der Waals surface area contributed by atoms with Gasteiger partial charge in [0.2, 0.25) is 5.75 Å². The van der Waals surface area contributed by atoms with Crippen LogP contribution in [-0.4, -0.2) is 18.3 Å². The fourth-order valence-electron chi connectivity index (χ4n) is 1.10. The number of hydrogen-bond donors (Lipinski definition) is 1. The highest BCUT2D eigenvalue weighted by Crippen LogP contribution is 2.35. The van der Waals surface area contributed by atoms with E-state index in [1.165, 1.54) is 0 Å². The Hall–Kier alpha value is -1.38. The largest absolute Gasteiger partial charge is 0.502 e. The van der Waals surface area contributed by atoms with Gasteiger partial charge in [-0.25, -0.2) is 0 Å². The first-order chi connectivity index (χ1) is 7.29. The Kier molecular flexibility index (Phi) is 4.81. The SMILES string of the molecule is CCCOc1c[c]cc(OCCC)c1O. The molecule has 0 aromatic heterocycles. The molecule has 0 fully saturated rings. The molecule has 3 nitrogen and oxygen atoms in total. The summed E-state index contributed by atoms with van der Waals surface area (Å²) in [5.41, 5.74) is 0. The van der Waals surface area contributed by atoms with Crippen molar-refractivity contribution in [3.8, 4) is 17.2 Å². The highest BCUT2D eigenvalue weighted by molar-refractivity contribution is 5.49. The summed E-state index contributed by atoms with van der Waals surface area (Å²) in [7, 11) is 0. The van der Waals surface area contributed by atoms with Crippen LogP contribution >= 0.6 is 0 Å². The van der Waals surface area contributed by atoms with Gasteiger partial charge in [-0.3, -0.25) is 0 Å². The molecule has 0 saturated heterocycles. The van der Waals surface area contributed by atoms with Crippen LogP contribution in [-0.2, 0) is 0 Å². The molecule has 0 saturated carbocycles. The van der Waals surface area contributed by atoms with Crippen molar-refractivity contribution in [2.75, 3.05) is 13.2 Å². The number of hydrogen-bond acceptors (Lipinski definition) is 3. The minimum Gasteiger partial charge on any atom is -0.502 e. The van der Waals surface area contributed by atoms with E-state index in [9.17, 15) is 5.11 Å². The van der Waals surface area contributed by atoms with E-state index in [0.29, 0.717) is 24.7 Å². The maximum atomic E-state index is 9.77. The van der Waals surface area contributed by atoms with Crippen LogP contribution in [0.25, 0.3) is 0 Å².